The van der Waals surface area contributed by atoms with Gasteiger partial charge in [0, 0.05) is 30.2 Å². The molecule has 1 N–H and O–H groups in total. The van der Waals surface area contributed by atoms with Crippen molar-refractivity contribution < 1.29 is 9.59 Å². The smallest absolute Gasteiger partial charge is 0.325 e. The molecule has 6 heteroatoms. The summed E-state index contributed by atoms with van der Waals surface area (Å²) in [5.74, 6) is -0.107. The number of nitrogens with one attached hydrogen (secondary N) is 1. The van der Waals surface area contributed by atoms with Gasteiger partial charge in [-0.1, -0.05) is 24.3 Å². The molecule has 1 aliphatic heterocycles. The van der Waals surface area contributed by atoms with Gasteiger partial charge in [-0.05, 0) is 30.0 Å². The lowest BCUT2D eigenvalue weighted by atomic mass is 10.3. The zero-order valence-corrected chi connectivity index (χ0v) is 13.6. The van der Waals surface area contributed by atoms with Gasteiger partial charge in [-0.15, -0.1) is 11.3 Å². The molecular formula is C17H19N3O2S. The highest BCUT2D eigenvalue weighted by atomic mass is 32.1. The van der Waals surface area contributed by atoms with Gasteiger partial charge in [0.2, 0.25) is 5.91 Å². The maximum absolute atomic E-state index is 12.4. The fourth-order valence-corrected chi connectivity index (χ4v) is 3.30. The lowest BCUT2D eigenvalue weighted by molar-refractivity contribution is -0.121. The van der Waals surface area contributed by atoms with Crippen molar-refractivity contribution in [1.82, 2.24) is 10.2 Å². The minimum atomic E-state index is -0.107. The zero-order chi connectivity index (χ0) is 16.1. The number of hydrogen-bond acceptors (Lipinski definition) is 3. The minimum absolute atomic E-state index is 0.107. The van der Waals surface area contributed by atoms with Gasteiger partial charge in [-0.2, -0.15) is 0 Å². The number of amides is 3. The number of rotatable bonds is 6. The Kier molecular flexibility index (Phi) is 4.92. The lowest BCUT2D eigenvalue weighted by Gasteiger charge is -2.18. The molecule has 3 rings (SSSR count). The van der Waals surface area contributed by atoms with Crippen LogP contribution < -0.4 is 10.2 Å². The summed E-state index contributed by atoms with van der Waals surface area (Å²) in [4.78, 5) is 28.9. The molecule has 0 radical (unpaired) electrons. The molecule has 2 aromatic rings. The summed E-state index contributed by atoms with van der Waals surface area (Å²) < 4.78 is 0. The molecule has 0 atom stereocenters. The van der Waals surface area contributed by atoms with E-state index in [2.05, 4.69) is 11.4 Å². The van der Waals surface area contributed by atoms with Crippen LogP contribution in [-0.4, -0.2) is 43.0 Å². The fraction of sp³-hybridized carbons (Fsp3) is 0.294. The van der Waals surface area contributed by atoms with Crippen molar-refractivity contribution in [1.29, 1.82) is 0 Å². The summed E-state index contributed by atoms with van der Waals surface area (Å²) in [5, 5.41) is 4.90. The first-order chi connectivity index (χ1) is 11.2. The Morgan fingerprint density at radius 2 is 1.96 bits per heavy atom. The number of anilines is 1. The molecule has 3 amide bonds. The van der Waals surface area contributed by atoms with Crippen molar-refractivity contribution in [3.05, 3.63) is 52.7 Å². The molecule has 1 fully saturated rings. The van der Waals surface area contributed by atoms with Gasteiger partial charge in [-0.25, -0.2) is 4.79 Å². The molecule has 0 bridgehead atoms. The van der Waals surface area contributed by atoms with Gasteiger partial charge in [0.1, 0.15) is 6.54 Å². The van der Waals surface area contributed by atoms with E-state index in [4.69, 9.17) is 0 Å². The topological polar surface area (TPSA) is 52.7 Å². The third-order valence-corrected chi connectivity index (χ3v) is 4.71. The highest BCUT2D eigenvalue weighted by Gasteiger charge is 2.30. The van der Waals surface area contributed by atoms with Crippen LogP contribution in [0.2, 0.25) is 0 Å². The molecule has 1 saturated heterocycles. The standard InChI is InChI=1S/C17H19N3O2S/c21-16(18-9-8-15-7-4-12-23-15)13-19-10-11-20(17(19)22)14-5-2-1-3-6-14/h1-7,12H,8-11,13H2,(H,18,21). The number of thiophene rings is 1. The molecule has 2 heterocycles. The Bertz CT molecular complexity index is 658. The third-order valence-electron chi connectivity index (χ3n) is 3.77. The van der Waals surface area contributed by atoms with Crippen LogP contribution in [0.25, 0.3) is 0 Å². The molecular weight excluding hydrogens is 310 g/mol. The Morgan fingerprint density at radius 1 is 1.13 bits per heavy atom. The molecule has 0 saturated carbocycles. The van der Waals surface area contributed by atoms with E-state index < -0.39 is 0 Å². The summed E-state index contributed by atoms with van der Waals surface area (Å²) in [5.41, 5.74) is 0.873. The van der Waals surface area contributed by atoms with E-state index in [0.29, 0.717) is 19.6 Å². The van der Waals surface area contributed by atoms with Crippen molar-refractivity contribution >= 4 is 29.0 Å². The molecule has 0 spiro atoms. The van der Waals surface area contributed by atoms with Crippen molar-refractivity contribution in [3.8, 4) is 0 Å². The summed E-state index contributed by atoms with van der Waals surface area (Å²) in [7, 11) is 0. The molecule has 1 aliphatic rings. The predicted octanol–water partition coefficient (Wildman–Crippen LogP) is 2.35. The largest absolute Gasteiger partial charge is 0.354 e. The quantitative estimate of drug-likeness (QED) is 0.884. The van der Waals surface area contributed by atoms with Crippen molar-refractivity contribution in [2.45, 2.75) is 6.42 Å². The molecule has 5 nitrogen and oxygen atoms in total. The Balaban J connectivity index is 1.47. The average Bonchev–Trinajstić information content (AvgIpc) is 3.19. The molecule has 23 heavy (non-hydrogen) atoms. The molecule has 0 unspecified atom stereocenters. The first kappa shape index (κ1) is 15.6. The second kappa shape index (κ2) is 7.28. The first-order valence-electron chi connectivity index (χ1n) is 7.64. The summed E-state index contributed by atoms with van der Waals surface area (Å²) in [6.07, 6.45) is 0.827. The lowest BCUT2D eigenvalue weighted by Crippen LogP contribution is -2.40. The van der Waals surface area contributed by atoms with E-state index >= 15 is 0 Å². The van der Waals surface area contributed by atoms with E-state index in [1.54, 1.807) is 21.1 Å². The summed E-state index contributed by atoms with van der Waals surface area (Å²) in [6.45, 7) is 1.91. The van der Waals surface area contributed by atoms with Gasteiger partial charge < -0.3 is 10.2 Å². The Hall–Kier alpha value is -2.34. The zero-order valence-electron chi connectivity index (χ0n) is 12.8. The highest BCUT2D eigenvalue weighted by Crippen LogP contribution is 2.19. The SMILES string of the molecule is O=C(CN1CCN(c2ccccc2)C1=O)NCCc1cccs1. The Morgan fingerprint density at radius 3 is 2.70 bits per heavy atom. The van der Waals surface area contributed by atoms with Crippen LogP contribution in [0.4, 0.5) is 10.5 Å². The first-order valence-corrected chi connectivity index (χ1v) is 8.52. The molecule has 1 aromatic carbocycles. The van der Waals surface area contributed by atoms with Gasteiger partial charge in [0.25, 0.3) is 0 Å². The van der Waals surface area contributed by atoms with Crippen LogP contribution in [-0.2, 0) is 11.2 Å². The number of para-hydroxylation sites is 1. The van der Waals surface area contributed by atoms with Crippen LogP contribution in [0.1, 0.15) is 4.88 Å². The van der Waals surface area contributed by atoms with Crippen LogP contribution >= 0.6 is 11.3 Å². The Labute approximate surface area is 139 Å². The normalized spacial score (nSPS) is 14.3. The minimum Gasteiger partial charge on any atom is -0.354 e. The van der Waals surface area contributed by atoms with E-state index in [9.17, 15) is 9.59 Å². The van der Waals surface area contributed by atoms with Crippen molar-refractivity contribution in [2.24, 2.45) is 0 Å². The number of benzene rings is 1. The van der Waals surface area contributed by atoms with Crippen LogP contribution in [0.3, 0.4) is 0 Å². The number of nitrogens with zero attached hydrogens (tertiary/aromatic N) is 2. The van der Waals surface area contributed by atoms with E-state index in [-0.39, 0.29) is 18.5 Å². The third kappa shape index (κ3) is 3.90. The van der Waals surface area contributed by atoms with Crippen molar-refractivity contribution in [2.75, 3.05) is 31.1 Å². The van der Waals surface area contributed by atoms with Crippen LogP contribution in [0.15, 0.2) is 47.8 Å². The van der Waals surface area contributed by atoms with Gasteiger partial charge in [-0.3, -0.25) is 9.69 Å². The average molecular weight is 329 g/mol. The van der Waals surface area contributed by atoms with Gasteiger partial charge in [0.05, 0.1) is 0 Å². The van der Waals surface area contributed by atoms with Crippen molar-refractivity contribution in [3.63, 3.8) is 0 Å². The number of hydrogen-bond donors (Lipinski definition) is 1. The van der Waals surface area contributed by atoms with Gasteiger partial charge in [0.15, 0.2) is 0 Å². The molecule has 0 aliphatic carbocycles. The van der Waals surface area contributed by atoms with Crippen LogP contribution in [0.5, 0.6) is 0 Å². The second-order valence-electron chi connectivity index (χ2n) is 5.37. The molecule has 120 valence electrons. The fourth-order valence-electron chi connectivity index (χ4n) is 2.59. The molecule has 1 aromatic heterocycles. The number of urea groups is 1. The number of carbonyl (C=O) groups excluding carboxylic acids is 2. The van der Waals surface area contributed by atoms with Gasteiger partial charge >= 0.3 is 6.03 Å². The summed E-state index contributed by atoms with van der Waals surface area (Å²) in [6, 6.07) is 13.5. The van der Waals surface area contributed by atoms with Crippen LogP contribution in [0, 0.1) is 0 Å². The van der Waals surface area contributed by atoms with E-state index in [1.807, 2.05) is 41.8 Å². The second-order valence-corrected chi connectivity index (χ2v) is 6.40. The van der Waals surface area contributed by atoms with E-state index in [0.717, 1.165) is 12.1 Å². The number of carbonyl (C=O) groups is 2. The maximum Gasteiger partial charge on any atom is 0.325 e. The highest BCUT2D eigenvalue weighted by molar-refractivity contribution is 7.09. The predicted molar refractivity (Wildman–Crippen MR) is 91.8 cm³/mol. The maximum atomic E-state index is 12.4. The monoisotopic (exact) mass is 329 g/mol. The van der Waals surface area contributed by atoms with E-state index in [1.165, 1.54) is 4.88 Å². The summed E-state index contributed by atoms with van der Waals surface area (Å²) >= 11 is 1.68.